The highest BCUT2D eigenvalue weighted by molar-refractivity contribution is 5.94. The highest BCUT2D eigenvalue weighted by Crippen LogP contribution is 2.15. The van der Waals surface area contributed by atoms with Crippen molar-refractivity contribution in [2.24, 2.45) is 0 Å². The van der Waals surface area contributed by atoms with Crippen molar-refractivity contribution in [3.63, 3.8) is 0 Å². The summed E-state index contributed by atoms with van der Waals surface area (Å²) in [4.78, 5) is 35.6. The molecule has 2 amide bonds. The molecule has 0 radical (unpaired) electrons. The molecular weight excluding hydrogens is 340 g/mol. The van der Waals surface area contributed by atoms with Crippen LogP contribution in [-0.2, 0) is 19.1 Å². The lowest BCUT2D eigenvalue weighted by Gasteiger charge is -2.26. The van der Waals surface area contributed by atoms with Crippen molar-refractivity contribution in [3.05, 3.63) is 41.1 Å². The molecule has 1 aliphatic rings. The van der Waals surface area contributed by atoms with Crippen LogP contribution in [0.3, 0.4) is 0 Å². The number of amides is 2. The van der Waals surface area contributed by atoms with Gasteiger partial charge in [0.2, 0.25) is 0 Å². The molecule has 0 aromatic heterocycles. The van der Waals surface area contributed by atoms with Crippen LogP contribution in [0.15, 0.2) is 35.5 Å². The van der Waals surface area contributed by atoms with Crippen LogP contribution in [-0.4, -0.2) is 43.8 Å². The number of ether oxygens (including phenoxy) is 3. The molecule has 8 nitrogen and oxygen atoms in total. The Hall–Kier alpha value is -3.03. The minimum absolute atomic E-state index is 0.195. The molecule has 1 aromatic carbocycles. The first kappa shape index (κ1) is 19.3. The van der Waals surface area contributed by atoms with Gasteiger partial charge in [-0.05, 0) is 38.5 Å². The van der Waals surface area contributed by atoms with E-state index in [2.05, 4.69) is 10.6 Å². The van der Waals surface area contributed by atoms with E-state index in [0.29, 0.717) is 5.75 Å². The van der Waals surface area contributed by atoms with Gasteiger partial charge in [-0.1, -0.05) is 12.1 Å². The number of esters is 2. The fraction of sp³-hybridized carbons (Fsp3) is 0.389. The highest BCUT2D eigenvalue weighted by atomic mass is 16.6. The van der Waals surface area contributed by atoms with E-state index in [1.807, 2.05) is 19.1 Å². The largest absolute Gasteiger partial charge is 0.482 e. The molecule has 1 atom stereocenters. The highest BCUT2D eigenvalue weighted by Gasteiger charge is 2.30. The molecular formula is C18H22N2O6. The van der Waals surface area contributed by atoms with E-state index in [9.17, 15) is 14.4 Å². The summed E-state index contributed by atoms with van der Waals surface area (Å²) in [6, 6.07) is 6.22. The topological polar surface area (TPSA) is 103 Å². The molecule has 0 spiro atoms. The summed E-state index contributed by atoms with van der Waals surface area (Å²) in [5.41, 5.74) is 1.42. The van der Waals surface area contributed by atoms with Crippen molar-refractivity contribution in [2.75, 3.05) is 19.8 Å². The molecule has 0 saturated carbocycles. The van der Waals surface area contributed by atoms with Gasteiger partial charge in [0.25, 0.3) is 0 Å². The van der Waals surface area contributed by atoms with Crippen LogP contribution in [0.1, 0.15) is 19.4 Å². The summed E-state index contributed by atoms with van der Waals surface area (Å²) in [6.45, 7) is 4.89. The quantitative estimate of drug-likeness (QED) is 0.712. The Morgan fingerprint density at radius 3 is 2.69 bits per heavy atom. The van der Waals surface area contributed by atoms with E-state index in [-0.39, 0.29) is 31.1 Å². The molecule has 1 aromatic rings. The van der Waals surface area contributed by atoms with Gasteiger partial charge in [-0.15, -0.1) is 0 Å². The van der Waals surface area contributed by atoms with Crippen LogP contribution in [0.2, 0.25) is 0 Å². The first-order chi connectivity index (χ1) is 12.4. The molecule has 1 heterocycles. The maximum absolute atomic E-state index is 12.1. The summed E-state index contributed by atoms with van der Waals surface area (Å²) < 4.78 is 15.5. The van der Waals surface area contributed by atoms with Gasteiger partial charge in [0.05, 0.1) is 23.9 Å². The third-order valence-corrected chi connectivity index (χ3v) is 3.59. The van der Waals surface area contributed by atoms with Crippen molar-refractivity contribution in [1.29, 1.82) is 0 Å². The molecule has 2 N–H and O–H groups in total. The SMILES string of the molecule is CCOC(=O)C1=C(COC(=O)COc2cccc(C)c2)NC(=O)NC1C. The molecule has 1 aliphatic heterocycles. The Kier molecular flexibility index (Phi) is 6.60. The van der Waals surface area contributed by atoms with E-state index in [1.54, 1.807) is 26.0 Å². The summed E-state index contributed by atoms with van der Waals surface area (Å²) in [5.74, 6) is -0.644. The molecule has 0 aliphatic carbocycles. The first-order valence-electron chi connectivity index (χ1n) is 8.23. The molecule has 26 heavy (non-hydrogen) atoms. The number of aryl methyl sites for hydroxylation is 1. The monoisotopic (exact) mass is 362 g/mol. The zero-order chi connectivity index (χ0) is 19.1. The second-order valence-electron chi connectivity index (χ2n) is 5.70. The van der Waals surface area contributed by atoms with Crippen LogP contribution in [0.4, 0.5) is 4.79 Å². The van der Waals surface area contributed by atoms with Gasteiger partial charge < -0.3 is 24.8 Å². The summed E-state index contributed by atoms with van der Waals surface area (Å²) in [7, 11) is 0. The smallest absolute Gasteiger partial charge is 0.344 e. The average Bonchev–Trinajstić information content (AvgIpc) is 2.57. The van der Waals surface area contributed by atoms with Crippen molar-refractivity contribution in [2.45, 2.75) is 26.8 Å². The Bertz CT molecular complexity index is 728. The zero-order valence-electron chi connectivity index (χ0n) is 15.0. The number of carbonyl (C=O) groups is 3. The normalized spacial score (nSPS) is 16.4. The molecule has 1 unspecified atom stereocenters. The third-order valence-electron chi connectivity index (χ3n) is 3.59. The predicted molar refractivity (Wildman–Crippen MR) is 92.4 cm³/mol. The Morgan fingerprint density at radius 2 is 2.00 bits per heavy atom. The minimum atomic E-state index is -0.623. The van der Waals surface area contributed by atoms with Crippen LogP contribution in [0.25, 0.3) is 0 Å². The lowest BCUT2D eigenvalue weighted by atomic mass is 10.0. The molecule has 2 rings (SSSR count). The minimum Gasteiger partial charge on any atom is -0.482 e. The van der Waals surface area contributed by atoms with Gasteiger partial charge in [0, 0.05) is 0 Å². The van der Waals surface area contributed by atoms with Crippen molar-refractivity contribution in [3.8, 4) is 5.75 Å². The third kappa shape index (κ3) is 5.23. The van der Waals surface area contributed by atoms with E-state index >= 15 is 0 Å². The zero-order valence-corrected chi connectivity index (χ0v) is 15.0. The fourth-order valence-electron chi connectivity index (χ4n) is 2.43. The maximum atomic E-state index is 12.1. The first-order valence-corrected chi connectivity index (χ1v) is 8.23. The van der Waals surface area contributed by atoms with Crippen LogP contribution < -0.4 is 15.4 Å². The number of hydrogen-bond donors (Lipinski definition) is 2. The molecule has 0 bridgehead atoms. The number of benzene rings is 1. The lowest BCUT2D eigenvalue weighted by Crippen LogP contribution is -2.50. The van der Waals surface area contributed by atoms with Gasteiger partial charge >= 0.3 is 18.0 Å². The number of carbonyl (C=O) groups excluding carboxylic acids is 3. The van der Waals surface area contributed by atoms with Crippen LogP contribution in [0, 0.1) is 6.92 Å². The Morgan fingerprint density at radius 1 is 1.23 bits per heavy atom. The number of hydrogen-bond acceptors (Lipinski definition) is 6. The van der Waals surface area contributed by atoms with Gasteiger partial charge in [-0.25, -0.2) is 14.4 Å². The van der Waals surface area contributed by atoms with E-state index < -0.39 is 24.0 Å². The van der Waals surface area contributed by atoms with Crippen molar-refractivity contribution < 1.29 is 28.6 Å². The number of urea groups is 1. The van der Waals surface area contributed by atoms with Crippen molar-refractivity contribution in [1.82, 2.24) is 10.6 Å². The summed E-state index contributed by atoms with van der Waals surface area (Å²) in [6.07, 6.45) is 0. The van der Waals surface area contributed by atoms with Crippen LogP contribution in [0.5, 0.6) is 5.75 Å². The van der Waals surface area contributed by atoms with E-state index in [1.165, 1.54) is 0 Å². The van der Waals surface area contributed by atoms with Crippen LogP contribution >= 0.6 is 0 Å². The number of nitrogens with one attached hydrogen (secondary N) is 2. The second kappa shape index (κ2) is 8.89. The van der Waals surface area contributed by atoms with Gasteiger partial charge in [0.15, 0.2) is 6.61 Å². The van der Waals surface area contributed by atoms with Gasteiger partial charge in [0.1, 0.15) is 12.4 Å². The second-order valence-corrected chi connectivity index (χ2v) is 5.70. The Balaban J connectivity index is 1.97. The molecule has 140 valence electrons. The van der Waals surface area contributed by atoms with Gasteiger partial charge in [-0.3, -0.25) is 0 Å². The van der Waals surface area contributed by atoms with E-state index in [0.717, 1.165) is 5.56 Å². The Labute approximate surface area is 151 Å². The maximum Gasteiger partial charge on any atom is 0.344 e. The average molecular weight is 362 g/mol. The van der Waals surface area contributed by atoms with E-state index in [4.69, 9.17) is 14.2 Å². The molecule has 8 heteroatoms. The summed E-state index contributed by atoms with van der Waals surface area (Å²) in [5, 5.41) is 5.05. The fourth-order valence-corrected chi connectivity index (χ4v) is 2.43. The van der Waals surface area contributed by atoms with Crippen molar-refractivity contribution >= 4 is 18.0 Å². The summed E-state index contributed by atoms with van der Waals surface area (Å²) >= 11 is 0. The van der Waals surface area contributed by atoms with Gasteiger partial charge in [-0.2, -0.15) is 0 Å². The lowest BCUT2D eigenvalue weighted by molar-refractivity contribution is -0.145. The molecule has 0 fully saturated rings. The number of rotatable bonds is 7. The standard InChI is InChI=1S/C18H22N2O6/c1-4-24-17(22)16-12(3)19-18(23)20-14(16)9-26-15(21)10-25-13-7-5-6-11(2)8-13/h5-8,12H,4,9-10H2,1-3H3,(H2,19,20,23). The molecule has 0 saturated heterocycles. The predicted octanol–water partition coefficient (Wildman–Crippen LogP) is 1.44.